The van der Waals surface area contributed by atoms with E-state index in [1.54, 1.807) is 6.07 Å². The third-order valence-corrected chi connectivity index (χ3v) is 3.85. The van der Waals surface area contributed by atoms with Crippen LogP contribution in [0, 0.1) is 5.92 Å². The molecular weight excluding hydrogens is 238 g/mol. The number of likely N-dealkylation sites (tertiary alicyclic amines) is 1. The highest BCUT2D eigenvalue weighted by Crippen LogP contribution is 2.21. The summed E-state index contributed by atoms with van der Waals surface area (Å²) >= 11 is 0. The number of hydrogen-bond donors (Lipinski definition) is 2. The molecule has 1 heterocycles. The first kappa shape index (κ1) is 13.7. The molecule has 0 aromatic heterocycles. The molecule has 1 unspecified atom stereocenters. The van der Waals surface area contributed by atoms with Crippen molar-refractivity contribution in [2.45, 2.75) is 32.6 Å². The number of nitrogens with two attached hydrogens (primary N) is 1. The van der Waals surface area contributed by atoms with E-state index in [1.807, 2.05) is 23.1 Å². The van der Waals surface area contributed by atoms with Crippen LogP contribution in [0.5, 0.6) is 0 Å². The van der Waals surface area contributed by atoms with Crippen molar-refractivity contribution in [3.63, 3.8) is 0 Å². The fourth-order valence-electron chi connectivity index (χ4n) is 2.60. The number of nitrogen functional groups attached to an aromatic ring is 1. The Morgan fingerprint density at radius 3 is 3.00 bits per heavy atom. The molecule has 0 aliphatic carbocycles. The highest BCUT2D eigenvalue weighted by molar-refractivity contribution is 5.89. The lowest BCUT2D eigenvalue weighted by Crippen LogP contribution is -2.35. The van der Waals surface area contributed by atoms with Crippen LogP contribution in [0.15, 0.2) is 24.3 Å². The molecule has 0 saturated carbocycles. The zero-order chi connectivity index (χ0) is 13.7. The molecule has 1 aliphatic rings. The number of carbonyl (C=O) groups excluding carboxylic acids is 1. The molecule has 1 saturated heterocycles. The Balaban J connectivity index is 1.92. The Kier molecular flexibility index (Phi) is 4.66. The predicted octanol–water partition coefficient (Wildman–Crippen LogP) is 3.31. The molecule has 19 heavy (non-hydrogen) atoms. The van der Waals surface area contributed by atoms with E-state index in [0.29, 0.717) is 5.69 Å². The lowest BCUT2D eigenvalue weighted by Gasteiger charge is -2.21. The van der Waals surface area contributed by atoms with Crippen molar-refractivity contribution in [3.8, 4) is 0 Å². The molecule has 2 rings (SSSR count). The van der Waals surface area contributed by atoms with Crippen molar-refractivity contribution >= 4 is 17.4 Å². The van der Waals surface area contributed by atoms with Crippen LogP contribution in [0.2, 0.25) is 0 Å². The third kappa shape index (κ3) is 3.88. The van der Waals surface area contributed by atoms with Crippen molar-refractivity contribution < 1.29 is 4.79 Å². The van der Waals surface area contributed by atoms with Crippen LogP contribution in [-0.2, 0) is 0 Å². The van der Waals surface area contributed by atoms with Crippen molar-refractivity contribution in [1.29, 1.82) is 0 Å². The van der Waals surface area contributed by atoms with Crippen LogP contribution in [0.25, 0.3) is 0 Å². The quantitative estimate of drug-likeness (QED) is 0.802. The van der Waals surface area contributed by atoms with Gasteiger partial charge < -0.3 is 16.0 Å². The van der Waals surface area contributed by atoms with E-state index in [4.69, 9.17) is 5.73 Å². The smallest absolute Gasteiger partial charge is 0.321 e. The number of hydrogen-bond acceptors (Lipinski definition) is 2. The lowest BCUT2D eigenvalue weighted by atomic mass is 9.98. The minimum Gasteiger partial charge on any atom is -0.399 e. The standard InChI is InChI=1S/C15H23N3O/c1-2-12-5-4-9-18(10-8-12)15(19)17-14-7-3-6-13(16)11-14/h3,6-7,11-12H,2,4-5,8-10,16H2,1H3,(H,17,19). The Morgan fingerprint density at radius 1 is 1.42 bits per heavy atom. The van der Waals surface area contributed by atoms with E-state index in [1.165, 1.54) is 12.8 Å². The van der Waals surface area contributed by atoms with Gasteiger partial charge in [0, 0.05) is 24.5 Å². The summed E-state index contributed by atoms with van der Waals surface area (Å²) in [6.45, 7) is 3.93. The maximum absolute atomic E-state index is 12.2. The van der Waals surface area contributed by atoms with E-state index in [-0.39, 0.29) is 6.03 Å². The molecule has 3 N–H and O–H groups in total. The monoisotopic (exact) mass is 261 g/mol. The molecule has 4 heteroatoms. The lowest BCUT2D eigenvalue weighted by molar-refractivity contribution is 0.213. The van der Waals surface area contributed by atoms with E-state index in [0.717, 1.165) is 37.5 Å². The van der Waals surface area contributed by atoms with Gasteiger partial charge in [0.15, 0.2) is 0 Å². The van der Waals surface area contributed by atoms with Crippen LogP contribution in [0.3, 0.4) is 0 Å². The van der Waals surface area contributed by atoms with E-state index < -0.39 is 0 Å². The van der Waals surface area contributed by atoms with Gasteiger partial charge >= 0.3 is 6.03 Å². The molecule has 4 nitrogen and oxygen atoms in total. The fourth-order valence-corrected chi connectivity index (χ4v) is 2.60. The van der Waals surface area contributed by atoms with Gasteiger partial charge in [0.25, 0.3) is 0 Å². The van der Waals surface area contributed by atoms with Gasteiger partial charge in [-0.25, -0.2) is 4.79 Å². The van der Waals surface area contributed by atoms with E-state index in [2.05, 4.69) is 12.2 Å². The zero-order valence-electron chi connectivity index (χ0n) is 11.6. The molecule has 0 bridgehead atoms. The Bertz CT molecular complexity index is 433. The van der Waals surface area contributed by atoms with Crippen LogP contribution in [-0.4, -0.2) is 24.0 Å². The molecule has 1 fully saturated rings. The number of rotatable bonds is 2. The molecule has 1 aromatic rings. The average molecular weight is 261 g/mol. The maximum Gasteiger partial charge on any atom is 0.321 e. The van der Waals surface area contributed by atoms with Crippen molar-refractivity contribution in [3.05, 3.63) is 24.3 Å². The average Bonchev–Trinajstić information content (AvgIpc) is 2.64. The predicted molar refractivity (Wildman–Crippen MR) is 79.1 cm³/mol. The number of carbonyl (C=O) groups is 1. The fraction of sp³-hybridized carbons (Fsp3) is 0.533. The largest absolute Gasteiger partial charge is 0.399 e. The van der Waals surface area contributed by atoms with E-state index in [9.17, 15) is 4.79 Å². The molecular formula is C15H23N3O. The molecule has 1 atom stereocenters. The van der Waals surface area contributed by atoms with Gasteiger partial charge in [0.05, 0.1) is 0 Å². The zero-order valence-corrected chi connectivity index (χ0v) is 11.6. The Labute approximate surface area is 115 Å². The van der Waals surface area contributed by atoms with Crippen LogP contribution in [0.4, 0.5) is 16.2 Å². The number of nitrogens with zero attached hydrogens (tertiary/aromatic N) is 1. The first-order valence-electron chi connectivity index (χ1n) is 7.10. The van der Waals surface area contributed by atoms with Gasteiger partial charge in [-0.3, -0.25) is 0 Å². The minimum absolute atomic E-state index is 0.0117. The minimum atomic E-state index is -0.0117. The molecule has 0 radical (unpaired) electrons. The summed E-state index contributed by atoms with van der Waals surface area (Å²) < 4.78 is 0. The number of anilines is 2. The van der Waals surface area contributed by atoms with Gasteiger partial charge in [-0.1, -0.05) is 19.4 Å². The molecule has 0 spiro atoms. The number of benzene rings is 1. The Morgan fingerprint density at radius 2 is 2.26 bits per heavy atom. The molecule has 1 aromatic carbocycles. The SMILES string of the molecule is CCC1CCCN(C(=O)Nc2cccc(N)c2)CC1. The first-order valence-corrected chi connectivity index (χ1v) is 7.10. The van der Waals surface area contributed by atoms with Gasteiger partial charge in [-0.15, -0.1) is 0 Å². The van der Waals surface area contributed by atoms with Crippen LogP contribution < -0.4 is 11.1 Å². The molecule has 2 amide bonds. The molecule has 1 aliphatic heterocycles. The van der Waals surface area contributed by atoms with Gasteiger partial charge in [-0.05, 0) is 43.4 Å². The second-order valence-electron chi connectivity index (χ2n) is 5.25. The summed E-state index contributed by atoms with van der Waals surface area (Å²) in [6, 6.07) is 7.29. The second kappa shape index (κ2) is 6.45. The van der Waals surface area contributed by atoms with Crippen LogP contribution in [0.1, 0.15) is 32.6 Å². The topological polar surface area (TPSA) is 58.4 Å². The highest BCUT2D eigenvalue weighted by atomic mass is 16.2. The summed E-state index contributed by atoms with van der Waals surface area (Å²) in [5.41, 5.74) is 7.14. The number of nitrogens with one attached hydrogen (secondary N) is 1. The van der Waals surface area contributed by atoms with Crippen molar-refractivity contribution in [1.82, 2.24) is 4.90 Å². The van der Waals surface area contributed by atoms with Crippen molar-refractivity contribution in [2.75, 3.05) is 24.1 Å². The highest BCUT2D eigenvalue weighted by Gasteiger charge is 2.19. The molecule has 104 valence electrons. The summed E-state index contributed by atoms with van der Waals surface area (Å²) in [5, 5.41) is 2.92. The summed E-state index contributed by atoms with van der Waals surface area (Å²) in [6.07, 6.45) is 4.66. The van der Waals surface area contributed by atoms with Crippen molar-refractivity contribution in [2.24, 2.45) is 5.92 Å². The second-order valence-corrected chi connectivity index (χ2v) is 5.25. The summed E-state index contributed by atoms with van der Waals surface area (Å²) in [7, 11) is 0. The van der Waals surface area contributed by atoms with Gasteiger partial charge in [0.2, 0.25) is 0 Å². The summed E-state index contributed by atoms with van der Waals surface area (Å²) in [5.74, 6) is 0.769. The Hall–Kier alpha value is -1.71. The maximum atomic E-state index is 12.2. The first-order chi connectivity index (χ1) is 9.19. The third-order valence-electron chi connectivity index (χ3n) is 3.85. The number of amides is 2. The van der Waals surface area contributed by atoms with Gasteiger partial charge in [-0.2, -0.15) is 0 Å². The van der Waals surface area contributed by atoms with E-state index >= 15 is 0 Å². The van der Waals surface area contributed by atoms with Crippen LogP contribution >= 0.6 is 0 Å². The summed E-state index contributed by atoms with van der Waals surface area (Å²) in [4.78, 5) is 14.1. The normalized spacial score (nSPS) is 19.8. The number of urea groups is 1. The van der Waals surface area contributed by atoms with Gasteiger partial charge in [0.1, 0.15) is 0 Å².